The standard InChI is InChI=1S/C12H9ClN2O2S/c13-8-1-2-9-7(5-8)6-10(17-9)11(16)15-12-14-3-4-18-12/h1-5,10H,6H2,(H,14,15,16)/t10-/m0/s1. The molecule has 1 aromatic carbocycles. The highest BCUT2D eigenvalue weighted by atomic mass is 35.5. The predicted octanol–water partition coefficient (Wildman–Crippen LogP) is 2.74. The Morgan fingerprint density at radius 1 is 1.56 bits per heavy atom. The third-order valence-electron chi connectivity index (χ3n) is 2.65. The van der Waals surface area contributed by atoms with Gasteiger partial charge in [-0.05, 0) is 23.8 Å². The summed E-state index contributed by atoms with van der Waals surface area (Å²) in [5.74, 6) is 0.538. The fourth-order valence-corrected chi connectivity index (χ4v) is 2.56. The number of aromatic nitrogens is 1. The van der Waals surface area contributed by atoms with E-state index in [1.165, 1.54) is 11.3 Å². The van der Waals surface area contributed by atoms with E-state index in [-0.39, 0.29) is 5.91 Å². The van der Waals surface area contributed by atoms with Gasteiger partial charge in [0.15, 0.2) is 11.2 Å². The monoisotopic (exact) mass is 280 g/mol. The van der Waals surface area contributed by atoms with Gasteiger partial charge >= 0.3 is 0 Å². The number of nitrogens with one attached hydrogen (secondary N) is 1. The van der Waals surface area contributed by atoms with Crippen LogP contribution < -0.4 is 10.1 Å². The van der Waals surface area contributed by atoms with Gasteiger partial charge in [-0.15, -0.1) is 11.3 Å². The van der Waals surface area contributed by atoms with Gasteiger partial charge in [0.2, 0.25) is 0 Å². The molecule has 18 heavy (non-hydrogen) atoms. The Labute approximate surface area is 113 Å². The SMILES string of the molecule is O=C(Nc1nccs1)[C@@H]1Cc2cc(Cl)ccc2O1. The van der Waals surface area contributed by atoms with E-state index < -0.39 is 6.10 Å². The minimum atomic E-state index is -0.512. The quantitative estimate of drug-likeness (QED) is 0.920. The number of amides is 1. The van der Waals surface area contributed by atoms with Crippen molar-refractivity contribution in [2.75, 3.05) is 5.32 Å². The lowest BCUT2D eigenvalue weighted by atomic mass is 10.1. The number of hydrogen-bond donors (Lipinski definition) is 1. The second-order valence-corrected chi connectivity index (χ2v) is 5.22. The Kier molecular flexibility index (Phi) is 2.93. The summed E-state index contributed by atoms with van der Waals surface area (Å²) in [5, 5.41) is 5.76. The molecule has 0 bridgehead atoms. The fraction of sp³-hybridized carbons (Fsp3) is 0.167. The summed E-state index contributed by atoms with van der Waals surface area (Å²) < 4.78 is 5.58. The average Bonchev–Trinajstić information content (AvgIpc) is 2.96. The number of benzene rings is 1. The Balaban J connectivity index is 1.72. The molecule has 2 heterocycles. The second-order valence-electron chi connectivity index (χ2n) is 3.89. The van der Waals surface area contributed by atoms with Crippen molar-refractivity contribution < 1.29 is 9.53 Å². The van der Waals surface area contributed by atoms with Gasteiger partial charge in [-0.3, -0.25) is 10.1 Å². The molecule has 1 atom stereocenters. The summed E-state index contributed by atoms with van der Waals surface area (Å²) in [4.78, 5) is 16.0. The zero-order valence-electron chi connectivity index (χ0n) is 9.22. The average molecular weight is 281 g/mol. The van der Waals surface area contributed by atoms with E-state index in [0.29, 0.717) is 16.6 Å². The van der Waals surface area contributed by atoms with E-state index in [4.69, 9.17) is 16.3 Å². The lowest BCUT2D eigenvalue weighted by Gasteiger charge is -2.09. The van der Waals surface area contributed by atoms with Gasteiger partial charge in [-0.25, -0.2) is 4.98 Å². The Morgan fingerprint density at radius 3 is 3.22 bits per heavy atom. The number of hydrogen-bond acceptors (Lipinski definition) is 4. The first-order valence-corrected chi connectivity index (χ1v) is 6.63. The van der Waals surface area contributed by atoms with E-state index >= 15 is 0 Å². The molecular weight excluding hydrogens is 272 g/mol. The number of nitrogens with zero attached hydrogens (tertiary/aromatic N) is 1. The number of fused-ring (bicyclic) bond motifs is 1. The molecule has 1 N–H and O–H groups in total. The molecule has 3 rings (SSSR count). The van der Waals surface area contributed by atoms with E-state index in [2.05, 4.69) is 10.3 Å². The van der Waals surface area contributed by atoms with Gasteiger partial charge in [0.05, 0.1) is 0 Å². The van der Waals surface area contributed by atoms with Crippen LogP contribution in [0.5, 0.6) is 5.75 Å². The lowest BCUT2D eigenvalue weighted by molar-refractivity contribution is -0.122. The lowest BCUT2D eigenvalue weighted by Crippen LogP contribution is -2.31. The van der Waals surface area contributed by atoms with Crippen molar-refractivity contribution in [2.24, 2.45) is 0 Å². The number of ether oxygens (including phenoxy) is 1. The van der Waals surface area contributed by atoms with Crippen LogP contribution in [0.15, 0.2) is 29.8 Å². The molecule has 0 aliphatic carbocycles. The zero-order valence-corrected chi connectivity index (χ0v) is 10.8. The molecule has 92 valence electrons. The van der Waals surface area contributed by atoms with Crippen molar-refractivity contribution in [3.05, 3.63) is 40.4 Å². The molecular formula is C12H9ClN2O2S. The van der Waals surface area contributed by atoms with Crippen LogP contribution in [-0.4, -0.2) is 17.0 Å². The first-order valence-electron chi connectivity index (χ1n) is 5.38. The maximum atomic E-state index is 12.0. The molecule has 1 amide bonds. The molecule has 0 saturated heterocycles. The number of halogens is 1. The zero-order chi connectivity index (χ0) is 12.5. The molecule has 4 nitrogen and oxygen atoms in total. The molecule has 0 saturated carbocycles. The molecule has 1 aromatic heterocycles. The van der Waals surface area contributed by atoms with Crippen molar-refractivity contribution in [3.63, 3.8) is 0 Å². The Morgan fingerprint density at radius 2 is 2.44 bits per heavy atom. The van der Waals surface area contributed by atoms with Crippen LogP contribution in [0.2, 0.25) is 5.02 Å². The highest BCUT2D eigenvalue weighted by Gasteiger charge is 2.29. The smallest absolute Gasteiger partial charge is 0.267 e. The van der Waals surface area contributed by atoms with Crippen LogP contribution in [0.3, 0.4) is 0 Å². The fourth-order valence-electron chi connectivity index (χ4n) is 1.83. The van der Waals surface area contributed by atoms with Crippen molar-refractivity contribution in [2.45, 2.75) is 12.5 Å². The number of carbonyl (C=O) groups is 1. The Hall–Kier alpha value is -1.59. The summed E-state index contributed by atoms with van der Waals surface area (Å²) in [5.41, 5.74) is 0.960. The number of thiazole rings is 1. The van der Waals surface area contributed by atoms with Gasteiger partial charge in [-0.2, -0.15) is 0 Å². The number of carbonyl (C=O) groups excluding carboxylic acids is 1. The van der Waals surface area contributed by atoms with Crippen LogP contribution in [0.4, 0.5) is 5.13 Å². The summed E-state index contributed by atoms with van der Waals surface area (Å²) in [6.45, 7) is 0. The second kappa shape index (κ2) is 4.59. The van der Waals surface area contributed by atoms with E-state index in [0.717, 1.165) is 11.3 Å². The largest absolute Gasteiger partial charge is 0.480 e. The summed E-state index contributed by atoms with van der Waals surface area (Å²) >= 11 is 7.28. The van der Waals surface area contributed by atoms with E-state index in [9.17, 15) is 4.79 Å². The van der Waals surface area contributed by atoms with Gasteiger partial charge in [0.1, 0.15) is 5.75 Å². The van der Waals surface area contributed by atoms with Crippen LogP contribution in [0, 0.1) is 0 Å². The van der Waals surface area contributed by atoms with E-state index in [1.54, 1.807) is 23.7 Å². The minimum absolute atomic E-state index is 0.183. The van der Waals surface area contributed by atoms with Crippen molar-refractivity contribution >= 4 is 34.0 Å². The topological polar surface area (TPSA) is 51.2 Å². The van der Waals surface area contributed by atoms with Crippen molar-refractivity contribution in [1.29, 1.82) is 0 Å². The number of rotatable bonds is 2. The molecule has 0 spiro atoms. The molecule has 1 aliphatic rings. The maximum absolute atomic E-state index is 12.0. The minimum Gasteiger partial charge on any atom is -0.480 e. The van der Waals surface area contributed by atoms with Gasteiger partial charge in [0, 0.05) is 23.0 Å². The molecule has 0 unspecified atom stereocenters. The molecule has 0 fully saturated rings. The third kappa shape index (κ3) is 2.19. The first-order chi connectivity index (χ1) is 8.72. The highest BCUT2D eigenvalue weighted by Crippen LogP contribution is 2.31. The van der Waals surface area contributed by atoms with Gasteiger partial charge < -0.3 is 4.74 Å². The predicted molar refractivity (Wildman–Crippen MR) is 70.3 cm³/mol. The van der Waals surface area contributed by atoms with Crippen molar-refractivity contribution in [1.82, 2.24) is 4.98 Å². The third-order valence-corrected chi connectivity index (χ3v) is 3.58. The van der Waals surface area contributed by atoms with Crippen LogP contribution in [0.1, 0.15) is 5.56 Å². The highest BCUT2D eigenvalue weighted by molar-refractivity contribution is 7.13. The Bertz CT molecular complexity index is 586. The van der Waals surface area contributed by atoms with Gasteiger partial charge in [0.25, 0.3) is 5.91 Å². The number of anilines is 1. The van der Waals surface area contributed by atoms with Crippen LogP contribution in [-0.2, 0) is 11.2 Å². The van der Waals surface area contributed by atoms with Gasteiger partial charge in [-0.1, -0.05) is 11.6 Å². The van der Waals surface area contributed by atoms with Crippen molar-refractivity contribution in [3.8, 4) is 5.75 Å². The summed E-state index contributed by atoms with van der Waals surface area (Å²) in [6, 6.07) is 5.36. The van der Waals surface area contributed by atoms with Crippen LogP contribution >= 0.6 is 22.9 Å². The maximum Gasteiger partial charge on any atom is 0.267 e. The normalized spacial score (nSPS) is 17.1. The molecule has 0 radical (unpaired) electrons. The first kappa shape index (κ1) is 11.5. The summed E-state index contributed by atoms with van der Waals surface area (Å²) in [6.07, 6.45) is 1.67. The molecule has 2 aromatic rings. The molecule has 6 heteroatoms. The van der Waals surface area contributed by atoms with Crippen LogP contribution in [0.25, 0.3) is 0 Å². The molecule has 1 aliphatic heterocycles. The van der Waals surface area contributed by atoms with E-state index in [1.807, 2.05) is 6.07 Å². The summed E-state index contributed by atoms with van der Waals surface area (Å²) in [7, 11) is 0.